The van der Waals surface area contributed by atoms with Crippen molar-refractivity contribution in [2.75, 3.05) is 0 Å². The molecular formula is C64H36F3N7. The summed E-state index contributed by atoms with van der Waals surface area (Å²) in [6, 6.07) is 64.8. The monoisotopic (exact) mass is 959 g/mol. The highest BCUT2D eigenvalue weighted by molar-refractivity contribution is 6.13. The summed E-state index contributed by atoms with van der Waals surface area (Å²) in [5.41, 5.74) is 12.0. The summed E-state index contributed by atoms with van der Waals surface area (Å²) >= 11 is 0. The minimum absolute atomic E-state index is 0.302. The second kappa shape index (κ2) is 18.7. The predicted molar refractivity (Wildman–Crippen MR) is 286 cm³/mol. The molecule has 2 aromatic heterocycles. The molecule has 0 saturated heterocycles. The van der Waals surface area contributed by atoms with Crippen molar-refractivity contribution in [1.29, 1.82) is 10.5 Å². The molecule has 0 spiro atoms. The third-order valence-corrected chi connectivity index (χ3v) is 13.1. The first-order valence-corrected chi connectivity index (χ1v) is 23.4. The van der Waals surface area contributed by atoms with Crippen molar-refractivity contribution in [2.24, 2.45) is 0 Å². The summed E-state index contributed by atoms with van der Waals surface area (Å²) in [4.78, 5) is 17.7. The van der Waals surface area contributed by atoms with Crippen LogP contribution in [0.25, 0.3) is 116 Å². The Kier molecular flexibility index (Phi) is 11.7. The van der Waals surface area contributed by atoms with Crippen molar-refractivity contribution < 1.29 is 13.2 Å². The number of aryl methyl sites for hydroxylation is 1. The molecule has 0 aliphatic carbocycles. The summed E-state index contributed by atoms with van der Waals surface area (Å²) in [6.07, 6.45) is -4.66. The topological polar surface area (TPSA) is 87.0 Å². The van der Waals surface area contributed by atoms with Gasteiger partial charge in [0.15, 0.2) is 17.2 Å². The molecule has 348 valence electrons. The highest BCUT2D eigenvalue weighted by Gasteiger charge is 2.31. The Bertz CT molecular complexity index is 3990. The summed E-state index contributed by atoms with van der Waals surface area (Å²) < 4.78 is 46.7. The van der Waals surface area contributed by atoms with E-state index in [-0.39, 0.29) is 0 Å². The maximum absolute atomic E-state index is 14.9. The zero-order chi connectivity index (χ0) is 51.1. The van der Waals surface area contributed by atoms with Crippen LogP contribution in [0.15, 0.2) is 200 Å². The van der Waals surface area contributed by atoms with Crippen LogP contribution < -0.4 is 0 Å². The fourth-order valence-corrected chi connectivity index (χ4v) is 9.65. The Balaban J connectivity index is 1.28. The van der Waals surface area contributed by atoms with Gasteiger partial charge in [-0.05, 0) is 131 Å². The van der Waals surface area contributed by atoms with Gasteiger partial charge in [-0.15, -0.1) is 0 Å². The number of benzene rings is 9. The van der Waals surface area contributed by atoms with E-state index in [2.05, 4.69) is 26.4 Å². The lowest BCUT2D eigenvalue weighted by atomic mass is 9.91. The van der Waals surface area contributed by atoms with Gasteiger partial charge in [0.1, 0.15) is 0 Å². The molecule has 11 rings (SSSR count). The fraction of sp³-hybridized carbons (Fsp3) is 0.0312. The van der Waals surface area contributed by atoms with Crippen LogP contribution in [0.3, 0.4) is 0 Å². The van der Waals surface area contributed by atoms with Gasteiger partial charge in [0.25, 0.3) is 0 Å². The number of hydrogen-bond acceptors (Lipinski definition) is 4. The molecule has 0 bridgehead atoms. The molecule has 0 aliphatic heterocycles. The van der Waals surface area contributed by atoms with E-state index < -0.39 is 11.7 Å². The first kappa shape index (κ1) is 46.0. The molecule has 0 amide bonds. The van der Waals surface area contributed by atoms with Crippen molar-refractivity contribution in [2.45, 2.75) is 13.1 Å². The molecule has 10 heteroatoms. The Morgan fingerprint density at radius 2 is 0.946 bits per heavy atom. The smallest absolute Gasteiger partial charge is 0.308 e. The molecule has 7 nitrogen and oxygen atoms in total. The van der Waals surface area contributed by atoms with Crippen molar-refractivity contribution in [1.82, 2.24) is 14.5 Å². The summed E-state index contributed by atoms with van der Waals surface area (Å²) in [5.74, 6) is 0.368. The molecule has 0 fully saturated rings. The minimum atomic E-state index is -4.66. The van der Waals surface area contributed by atoms with Gasteiger partial charge < -0.3 is 4.57 Å². The van der Waals surface area contributed by atoms with Gasteiger partial charge in [-0.2, -0.15) is 23.7 Å². The van der Waals surface area contributed by atoms with Crippen LogP contribution in [0.2, 0.25) is 0 Å². The zero-order valence-corrected chi connectivity index (χ0v) is 39.3. The van der Waals surface area contributed by atoms with E-state index in [1.165, 1.54) is 24.3 Å². The highest BCUT2D eigenvalue weighted by Crippen LogP contribution is 2.46. The number of nitrogens with zero attached hydrogens (tertiary/aromatic N) is 7. The predicted octanol–water partition coefficient (Wildman–Crippen LogP) is 17.4. The number of fused-ring (bicyclic) bond motifs is 3. The van der Waals surface area contributed by atoms with E-state index in [0.29, 0.717) is 89.8 Å². The Hall–Kier alpha value is -10.4. The van der Waals surface area contributed by atoms with Crippen LogP contribution >= 0.6 is 0 Å². The molecule has 2 heterocycles. The first-order chi connectivity index (χ1) is 36.0. The van der Waals surface area contributed by atoms with E-state index in [1.54, 1.807) is 30.3 Å². The largest absolute Gasteiger partial charge is 0.416 e. The summed E-state index contributed by atoms with van der Waals surface area (Å²) in [6.45, 7) is 17.6. The lowest BCUT2D eigenvalue weighted by molar-refractivity contribution is -0.137. The van der Waals surface area contributed by atoms with Crippen LogP contribution in [-0.4, -0.2) is 14.5 Å². The maximum Gasteiger partial charge on any atom is 0.416 e. The number of alkyl halides is 3. The zero-order valence-electron chi connectivity index (χ0n) is 39.3. The van der Waals surface area contributed by atoms with Crippen molar-refractivity contribution in [3.8, 4) is 96.2 Å². The number of rotatable bonds is 8. The first-order valence-electron chi connectivity index (χ1n) is 23.4. The van der Waals surface area contributed by atoms with Gasteiger partial charge in [-0.3, -0.25) is 0 Å². The third kappa shape index (κ3) is 8.67. The number of aromatic nitrogens is 3. The Labute approximate surface area is 424 Å². The van der Waals surface area contributed by atoms with Crippen molar-refractivity contribution >= 4 is 33.2 Å². The standard InChI is InChI=1S/C64H36F3N7/c1-39-12-10-17-46(24-39)54-34-50(63-72-58(42-13-6-4-7-14-42)36-59(73-63)43-15-8-5-9-16-43)35-55(47-18-11-19-51(29-47)64(65,66)67)62(54)74-60-22-20-44(48-25-40(37-68)27-52(30-48)70-2)32-56(60)57-33-45(21-23-61(57)74)49-26-41(38-69)28-53(31-49)71-3/h4-36H,1H3. The van der Waals surface area contributed by atoms with Crippen LogP contribution in [0.1, 0.15) is 22.3 Å². The van der Waals surface area contributed by atoms with Crippen molar-refractivity contribution in [3.05, 3.63) is 245 Å². The molecule has 0 N–H and O–H groups in total. The minimum Gasteiger partial charge on any atom is -0.308 e. The second-order valence-electron chi connectivity index (χ2n) is 17.8. The van der Waals surface area contributed by atoms with E-state index in [0.717, 1.165) is 50.2 Å². The fourth-order valence-electron chi connectivity index (χ4n) is 9.65. The molecule has 0 unspecified atom stereocenters. The number of halogens is 3. The third-order valence-electron chi connectivity index (χ3n) is 13.1. The number of nitriles is 2. The van der Waals surface area contributed by atoms with E-state index in [1.807, 2.05) is 146 Å². The van der Waals surface area contributed by atoms with Crippen LogP contribution in [0.4, 0.5) is 24.5 Å². The molecule has 0 saturated carbocycles. The van der Waals surface area contributed by atoms with Crippen LogP contribution in [0.5, 0.6) is 0 Å². The average Bonchev–Trinajstić information content (AvgIpc) is 3.77. The van der Waals surface area contributed by atoms with Gasteiger partial charge in [-0.1, -0.05) is 115 Å². The lowest BCUT2D eigenvalue weighted by Crippen LogP contribution is -2.06. The van der Waals surface area contributed by atoms with Gasteiger partial charge in [0.05, 0.1) is 59.0 Å². The molecule has 11 aromatic rings. The quantitative estimate of drug-likeness (QED) is 0.142. The van der Waals surface area contributed by atoms with E-state index in [4.69, 9.17) is 23.1 Å². The van der Waals surface area contributed by atoms with Crippen LogP contribution in [-0.2, 0) is 6.18 Å². The average molecular weight is 960 g/mol. The lowest BCUT2D eigenvalue weighted by Gasteiger charge is -2.22. The van der Waals surface area contributed by atoms with Crippen LogP contribution in [0, 0.1) is 42.7 Å². The SMILES string of the molecule is [C-]#[N+]c1cc(C#N)cc(-c2ccc3c(c2)c2cc(-c4cc(C#N)cc([N+]#[C-])c4)ccc2n3-c2c(-c3cccc(C)c3)cc(-c3nc(-c4ccccc4)cc(-c4ccccc4)n3)cc2-c2cccc(C(F)(F)F)c2)c1. The highest BCUT2D eigenvalue weighted by atomic mass is 19.4. The van der Waals surface area contributed by atoms with Gasteiger partial charge in [0, 0.05) is 49.7 Å². The Morgan fingerprint density at radius 3 is 1.42 bits per heavy atom. The Morgan fingerprint density at radius 1 is 0.459 bits per heavy atom. The molecule has 0 radical (unpaired) electrons. The van der Waals surface area contributed by atoms with E-state index >= 15 is 0 Å². The molecule has 74 heavy (non-hydrogen) atoms. The van der Waals surface area contributed by atoms with Gasteiger partial charge in [-0.25, -0.2) is 19.7 Å². The van der Waals surface area contributed by atoms with Gasteiger partial charge in [0.2, 0.25) is 0 Å². The molecule has 0 atom stereocenters. The second-order valence-corrected chi connectivity index (χ2v) is 17.8. The van der Waals surface area contributed by atoms with E-state index in [9.17, 15) is 23.7 Å². The molecule has 0 aliphatic rings. The summed E-state index contributed by atoms with van der Waals surface area (Å²) in [5, 5.41) is 21.4. The maximum atomic E-state index is 14.9. The molecule has 9 aromatic carbocycles. The summed E-state index contributed by atoms with van der Waals surface area (Å²) in [7, 11) is 0. The molecular weight excluding hydrogens is 924 g/mol. The van der Waals surface area contributed by atoms with Gasteiger partial charge >= 0.3 is 6.18 Å². The normalized spacial score (nSPS) is 11.2. The number of hydrogen-bond donors (Lipinski definition) is 0. The van der Waals surface area contributed by atoms with Crippen molar-refractivity contribution in [3.63, 3.8) is 0 Å².